The van der Waals surface area contributed by atoms with E-state index >= 15 is 0 Å². The molecule has 2 aliphatic carbocycles. The fourth-order valence-corrected chi connectivity index (χ4v) is 6.70. The summed E-state index contributed by atoms with van der Waals surface area (Å²) in [6, 6.07) is 1.57. The molecule has 0 N–H and O–H groups in total. The first-order valence-electron chi connectivity index (χ1n) is 12.4. The average molecular weight is 377 g/mol. The lowest BCUT2D eigenvalue weighted by atomic mass is 9.66. The Kier molecular flexibility index (Phi) is 7.70. The Labute approximate surface area is 170 Å². The Morgan fingerprint density at radius 1 is 0.852 bits per heavy atom. The minimum Gasteiger partial charge on any atom is -0.303 e. The number of nitrogens with zero attached hydrogens (tertiary/aromatic N) is 2. The van der Waals surface area contributed by atoms with E-state index in [1.807, 2.05) is 0 Å². The molecule has 0 amide bonds. The maximum absolute atomic E-state index is 2.84. The van der Waals surface area contributed by atoms with Gasteiger partial charge in [0.2, 0.25) is 0 Å². The Morgan fingerprint density at radius 2 is 1.44 bits per heavy atom. The lowest BCUT2D eigenvalue weighted by Gasteiger charge is -2.49. The van der Waals surface area contributed by atoms with Crippen molar-refractivity contribution in [3.05, 3.63) is 0 Å². The summed E-state index contributed by atoms with van der Waals surface area (Å²) in [7, 11) is 0. The van der Waals surface area contributed by atoms with Gasteiger partial charge < -0.3 is 4.90 Å². The van der Waals surface area contributed by atoms with Gasteiger partial charge in [-0.05, 0) is 121 Å². The lowest BCUT2D eigenvalue weighted by Crippen LogP contribution is -2.48. The standard InChI is InChI=1S/C25H48N2/c1-6-27(21(4)5)24-11-13-25(14-12-24)15-17-26(18-16-25)19-22-7-9-23(10-8-22)20(2)3/h20-24H,6-19H2,1-5H3. The van der Waals surface area contributed by atoms with Gasteiger partial charge in [0, 0.05) is 18.6 Å². The zero-order chi connectivity index (χ0) is 19.4. The molecular weight excluding hydrogens is 328 g/mol. The summed E-state index contributed by atoms with van der Waals surface area (Å²) in [6.07, 6.45) is 14.8. The number of hydrogen-bond donors (Lipinski definition) is 0. The summed E-state index contributed by atoms with van der Waals surface area (Å²) < 4.78 is 0. The molecule has 0 atom stereocenters. The molecule has 3 rings (SSSR count). The fraction of sp³-hybridized carbons (Fsp3) is 1.00. The van der Waals surface area contributed by atoms with Crippen LogP contribution in [0.15, 0.2) is 0 Å². The number of piperidine rings is 1. The molecule has 0 bridgehead atoms. The highest BCUT2D eigenvalue weighted by Crippen LogP contribution is 2.46. The summed E-state index contributed by atoms with van der Waals surface area (Å²) in [5.41, 5.74) is 0.707. The quantitative estimate of drug-likeness (QED) is 0.544. The van der Waals surface area contributed by atoms with Crippen LogP contribution in [-0.2, 0) is 0 Å². The second-order valence-corrected chi connectivity index (χ2v) is 11.0. The van der Waals surface area contributed by atoms with Crippen LogP contribution in [0.5, 0.6) is 0 Å². The van der Waals surface area contributed by atoms with Crippen molar-refractivity contribution >= 4 is 0 Å². The Balaban J connectivity index is 1.39. The summed E-state index contributed by atoms with van der Waals surface area (Å²) >= 11 is 0. The number of rotatable bonds is 6. The molecule has 2 saturated carbocycles. The van der Waals surface area contributed by atoms with Gasteiger partial charge in [0.05, 0.1) is 0 Å². The summed E-state index contributed by atoms with van der Waals surface area (Å²) in [4.78, 5) is 5.58. The third-order valence-corrected chi connectivity index (χ3v) is 8.78. The third-order valence-electron chi connectivity index (χ3n) is 8.78. The predicted molar refractivity (Wildman–Crippen MR) is 118 cm³/mol. The maximum atomic E-state index is 2.84. The number of likely N-dealkylation sites (tertiary alicyclic amines) is 1. The average Bonchev–Trinajstić information content (AvgIpc) is 2.66. The molecule has 3 aliphatic rings. The summed E-state index contributed by atoms with van der Waals surface area (Å²) in [5.74, 6) is 2.90. The van der Waals surface area contributed by atoms with Crippen LogP contribution in [0, 0.1) is 23.2 Å². The van der Waals surface area contributed by atoms with E-state index in [1.165, 1.54) is 90.4 Å². The smallest absolute Gasteiger partial charge is 0.00982 e. The molecule has 0 unspecified atom stereocenters. The van der Waals surface area contributed by atoms with Crippen LogP contribution >= 0.6 is 0 Å². The van der Waals surface area contributed by atoms with E-state index in [1.54, 1.807) is 0 Å². The zero-order valence-electron chi connectivity index (χ0n) is 19.2. The summed E-state index contributed by atoms with van der Waals surface area (Å²) in [6.45, 7) is 17.3. The highest BCUT2D eigenvalue weighted by atomic mass is 15.2. The molecule has 158 valence electrons. The first-order chi connectivity index (χ1) is 12.9. The van der Waals surface area contributed by atoms with Gasteiger partial charge in [-0.2, -0.15) is 0 Å². The van der Waals surface area contributed by atoms with E-state index in [2.05, 4.69) is 44.4 Å². The molecule has 0 aromatic carbocycles. The van der Waals surface area contributed by atoms with Crippen LogP contribution in [-0.4, -0.2) is 48.1 Å². The van der Waals surface area contributed by atoms with Crippen LogP contribution in [0.4, 0.5) is 0 Å². The molecule has 1 saturated heterocycles. The molecule has 0 radical (unpaired) electrons. The van der Waals surface area contributed by atoms with E-state index in [9.17, 15) is 0 Å². The minimum atomic E-state index is 0.707. The minimum absolute atomic E-state index is 0.707. The molecule has 1 spiro atoms. The van der Waals surface area contributed by atoms with Crippen LogP contribution in [0.2, 0.25) is 0 Å². The van der Waals surface area contributed by atoms with Gasteiger partial charge in [0.1, 0.15) is 0 Å². The molecule has 27 heavy (non-hydrogen) atoms. The number of hydrogen-bond acceptors (Lipinski definition) is 2. The molecule has 2 nitrogen and oxygen atoms in total. The molecule has 2 heteroatoms. The Bertz CT molecular complexity index is 418. The van der Waals surface area contributed by atoms with Crippen molar-refractivity contribution < 1.29 is 0 Å². The highest BCUT2D eigenvalue weighted by Gasteiger charge is 2.39. The van der Waals surface area contributed by atoms with Crippen LogP contribution < -0.4 is 0 Å². The van der Waals surface area contributed by atoms with Gasteiger partial charge in [-0.1, -0.05) is 20.8 Å². The first-order valence-corrected chi connectivity index (χ1v) is 12.4. The third kappa shape index (κ3) is 5.50. The van der Waals surface area contributed by atoms with Crippen molar-refractivity contribution in [2.75, 3.05) is 26.2 Å². The molecular formula is C25H48N2. The van der Waals surface area contributed by atoms with Crippen LogP contribution in [0.25, 0.3) is 0 Å². The van der Waals surface area contributed by atoms with Crippen molar-refractivity contribution in [2.24, 2.45) is 23.2 Å². The van der Waals surface area contributed by atoms with Crippen molar-refractivity contribution in [1.29, 1.82) is 0 Å². The molecule has 0 aromatic rings. The summed E-state index contributed by atoms with van der Waals surface area (Å²) in [5, 5.41) is 0. The second-order valence-electron chi connectivity index (χ2n) is 11.0. The van der Waals surface area contributed by atoms with Gasteiger partial charge in [0.15, 0.2) is 0 Å². The molecule has 0 aromatic heterocycles. The van der Waals surface area contributed by atoms with Gasteiger partial charge in [0.25, 0.3) is 0 Å². The van der Waals surface area contributed by atoms with Gasteiger partial charge >= 0.3 is 0 Å². The largest absolute Gasteiger partial charge is 0.303 e. The molecule has 1 heterocycles. The van der Waals surface area contributed by atoms with E-state index in [-0.39, 0.29) is 0 Å². The van der Waals surface area contributed by atoms with E-state index in [0.717, 1.165) is 23.8 Å². The van der Waals surface area contributed by atoms with Crippen LogP contribution in [0.3, 0.4) is 0 Å². The van der Waals surface area contributed by atoms with Crippen molar-refractivity contribution in [3.8, 4) is 0 Å². The maximum Gasteiger partial charge on any atom is 0.00982 e. The SMILES string of the molecule is CCN(C(C)C)C1CCC2(CC1)CCN(CC1CCC(C(C)C)CC1)CC2. The molecule has 3 fully saturated rings. The molecule has 1 aliphatic heterocycles. The van der Waals surface area contributed by atoms with Gasteiger partial charge in [-0.15, -0.1) is 0 Å². The van der Waals surface area contributed by atoms with E-state index in [4.69, 9.17) is 0 Å². The van der Waals surface area contributed by atoms with Crippen molar-refractivity contribution in [3.63, 3.8) is 0 Å². The Hall–Kier alpha value is -0.0800. The normalized spacial score (nSPS) is 30.7. The topological polar surface area (TPSA) is 6.48 Å². The van der Waals surface area contributed by atoms with Gasteiger partial charge in [-0.3, -0.25) is 4.90 Å². The predicted octanol–water partition coefficient (Wildman–Crippen LogP) is 6.20. The van der Waals surface area contributed by atoms with Crippen LogP contribution in [0.1, 0.15) is 98.8 Å². The van der Waals surface area contributed by atoms with E-state index in [0.29, 0.717) is 11.5 Å². The van der Waals surface area contributed by atoms with Crippen molar-refractivity contribution in [1.82, 2.24) is 9.80 Å². The Morgan fingerprint density at radius 3 is 1.93 bits per heavy atom. The zero-order valence-corrected chi connectivity index (χ0v) is 19.2. The van der Waals surface area contributed by atoms with Crippen molar-refractivity contribution in [2.45, 2.75) is 111 Å². The fourth-order valence-electron chi connectivity index (χ4n) is 6.70. The van der Waals surface area contributed by atoms with E-state index < -0.39 is 0 Å². The second kappa shape index (κ2) is 9.61. The lowest BCUT2D eigenvalue weighted by molar-refractivity contribution is 0.0191. The first kappa shape index (κ1) is 21.6. The monoisotopic (exact) mass is 376 g/mol. The highest BCUT2D eigenvalue weighted by molar-refractivity contribution is 4.93. The van der Waals surface area contributed by atoms with Gasteiger partial charge in [-0.25, -0.2) is 0 Å².